The Kier molecular flexibility index (Phi) is 11.4. The third kappa shape index (κ3) is 9.29. The van der Waals surface area contributed by atoms with Gasteiger partial charge in [-0.3, -0.25) is 19.2 Å². The Morgan fingerprint density at radius 1 is 0.862 bits per heavy atom. The first-order chi connectivity index (χ1) is 13.4. The quantitative estimate of drug-likeness (QED) is 0.136. The van der Waals surface area contributed by atoms with Crippen molar-refractivity contribution in [2.24, 2.45) is 5.73 Å². The second-order valence-electron chi connectivity index (χ2n) is 6.09. The predicted octanol–water partition coefficient (Wildman–Crippen LogP) is -4.92. The summed E-state index contributed by atoms with van der Waals surface area (Å²) in [5, 5.41) is 51.4. The van der Waals surface area contributed by atoms with Crippen molar-refractivity contribution in [1.82, 2.24) is 16.0 Å². The van der Waals surface area contributed by atoms with E-state index in [-0.39, 0.29) is 0 Å². The fourth-order valence-electron chi connectivity index (χ4n) is 2.01. The number of hydrogen-bond donors (Lipinski definition) is 9. The number of carbonyl (C=O) groups is 5. The van der Waals surface area contributed by atoms with Crippen LogP contribution < -0.4 is 21.7 Å². The second kappa shape index (κ2) is 12.6. The van der Waals surface area contributed by atoms with Gasteiger partial charge in [-0.25, -0.2) is 4.79 Å². The van der Waals surface area contributed by atoms with Gasteiger partial charge in [-0.15, -0.1) is 0 Å². The highest BCUT2D eigenvalue weighted by Crippen LogP contribution is 2.01. The van der Waals surface area contributed by atoms with Crippen LogP contribution in [0.4, 0.5) is 0 Å². The van der Waals surface area contributed by atoms with Gasteiger partial charge in [-0.1, -0.05) is 0 Å². The maximum absolute atomic E-state index is 12.4. The zero-order valence-electron chi connectivity index (χ0n) is 15.6. The summed E-state index contributed by atoms with van der Waals surface area (Å²) in [4.78, 5) is 58.0. The molecule has 0 aromatic rings. The number of amides is 3. The number of aliphatic hydroxyl groups is 3. The van der Waals surface area contributed by atoms with Gasteiger partial charge in [-0.05, 0) is 13.3 Å². The monoisotopic (exact) mass is 422 g/mol. The number of aliphatic hydroxyl groups excluding tert-OH is 3. The lowest BCUT2D eigenvalue weighted by atomic mass is 10.1. The van der Waals surface area contributed by atoms with Crippen LogP contribution in [-0.2, 0) is 24.0 Å². The summed E-state index contributed by atoms with van der Waals surface area (Å²) in [5.41, 5.74) is 5.31. The smallest absolute Gasteiger partial charge is 0.328 e. The molecule has 0 aliphatic rings. The molecule has 14 nitrogen and oxygen atoms in total. The van der Waals surface area contributed by atoms with Crippen LogP contribution >= 0.6 is 0 Å². The standard InChI is InChI=1S/C15H26N4O10/c1-6(22)11(15(28)29)19-14(27)9(5-21)18-13(26)8(2-3-10(23)24)17-12(25)7(16)4-20/h6-9,11,20-22H,2-5,16H2,1H3,(H,17,25)(H,18,26)(H,19,27)(H,23,24)(H,28,29). The van der Waals surface area contributed by atoms with Crippen molar-refractivity contribution in [3.63, 3.8) is 0 Å². The molecule has 3 amide bonds. The van der Waals surface area contributed by atoms with Crippen LogP contribution in [0.15, 0.2) is 0 Å². The van der Waals surface area contributed by atoms with Crippen LogP contribution in [-0.4, -0.2) is 98.7 Å². The number of hydrogen-bond acceptors (Lipinski definition) is 9. The number of nitrogens with one attached hydrogen (secondary N) is 3. The lowest BCUT2D eigenvalue weighted by Gasteiger charge is -2.24. The molecule has 5 atom stereocenters. The Labute approximate surface area is 165 Å². The van der Waals surface area contributed by atoms with E-state index in [0.29, 0.717) is 0 Å². The molecule has 14 heteroatoms. The molecule has 166 valence electrons. The van der Waals surface area contributed by atoms with Gasteiger partial charge in [0.1, 0.15) is 18.1 Å². The highest BCUT2D eigenvalue weighted by Gasteiger charge is 2.31. The van der Waals surface area contributed by atoms with Gasteiger partial charge in [0.15, 0.2) is 6.04 Å². The van der Waals surface area contributed by atoms with Gasteiger partial charge < -0.3 is 47.2 Å². The fraction of sp³-hybridized carbons (Fsp3) is 0.667. The largest absolute Gasteiger partial charge is 0.481 e. The Bertz CT molecular complexity index is 612. The van der Waals surface area contributed by atoms with E-state index in [1.807, 2.05) is 10.6 Å². The first kappa shape index (κ1) is 26.2. The number of aliphatic carboxylic acids is 2. The molecule has 0 heterocycles. The van der Waals surface area contributed by atoms with E-state index in [0.717, 1.165) is 6.92 Å². The zero-order valence-corrected chi connectivity index (χ0v) is 15.6. The molecule has 0 spiro atoms. The summed E-state index contributed by atoms with van der Waals surface area (Å²) < 4.78 is 0. The first-order valence-electron chi connectivity index (χ1n) is 8.45. The highest BCUT2D eigenvalue weighted by molar-refractivity contribution is 5.94. The molecule has 0 radical (unpaired) electrons. The predicted molar refractivity (Wildman–Crippen MR) is 94.1 cm³/mol. The zero-order chi connectivity index (χ0) is 22.7. The number of carboxylic acids is 2. The van der Waals surface area contributed by atoms with E-state index in [1.165, 1.54) is 0 Å². The van der Waals surface area contributed by atoms with Crippen molar-refractivity contribution in [3.05, 3.63) is 0 Å². The molecule has 0 saturated carbocycles. The normalized spacial score (nSPS) is 15.9. The van der Waals surface area contributed by atoms with Crippen LogP contribution in [0.5, 0.6) is 0 Å². The summed E-state index contributed by atoms with van der Waals surface area (Å²) in [7, 11) is 0. The van der Waals surface area contributed by atoms with Gasteiger partial charge >= 0.3 is 11.9 Å². The maximum atomic E-state index is 12.4. The number of rotatable bonds is 13. The topological polar surface area (TPSA) is 249 Å². The fourth-order valence-corrected chi connectivity index (χ4v) is 2.01. The van der Waals surface area contributed by atoms with E-state index in [9.17, 15) is 34.2 Å². The second-order valence-corrected chi connectivity index (χ2v) is 6.09. The lowest BCUT2D eigenvalue weighted by molar-refractivity contribution is -0.145. The molecular weight excluding hydrogens is 396 g/mol. The van der Waals surface area contributed by atoms with Crippen molar-refractivity contribution >= 4 is 29.7 Å². The van der Waals surface area contributed by atoms with E-state index in [1.54, 1.807) is 0 Å². The molecule has 10 N–H and O–H groups in total. The molecule has 0 fully saturated rings. The number of carboxylic acid groups (broad SMARTS) is 2. The Morgan fingerprint density at radius 2 is 1.38 bits per heavy atom. The van der Waals surface area contributed by atoms with Crippen molar-refractivity contribution in [1.29, 1.82) is 0 Å². The Hall–Kier alpha value is -2.81. The molecule has 0 aliphatic carbocycles. The molecule has 0 aromatic heterocycles. The van der Waals surface area contributed by atoms with Crippen molar-refractivity contribution in [3.8, 4) is 0 Å². The van der Waals surface area contributed by atoms with Crippen molar-refractivity contribution in [2.75, 3.05) is 13.2 Å². The Morgan fingerprint density at radius 3 is 1.79 bits per heavy atom. The van der Waals surface area contributed by atoms with Crippen LogP contribution in [0.3, 0.4) is 0 Å². The van der Waals surface area contributed by atoms with E-state index in [2.05, 4.69) is 5.32 Å². The average molecular weight is 422 g/mol. The molecule has 29 heavy (non-hydrogen) atoms. The average Bonchev–Trinajstić information content (AvgIpc) is 2.65. The van der Waals surface area contributed by atoms with Crippen LogP contribution in [0.2, 0.25) is 0 Å². The molecule has 0 aliphatic heterocycles. The van der Waals surface area contributed by atoms with Crippen molar-refractivity contribution in [2.45, 2.75) is 50.0 Å². The van der Waals surface area contributed by atoms with E-state index < -0.39 is 86.0 Å². The summed E-state index contributed by atoms with van der Waals surface area (Å²) in [6, 6.07) is -6.21. The van der Waals surface area contributed by atoms with E-state index >= 15 is 0 Å². The molecule has 0 aromatic carbocycles. The minimum absolute atomic E-state index is 0.393. The first-order valence-corrected chi connectivity index (χ1v) is 8.45. The molecule has 0 rings (SSSR count). The van der Waals surface area contributed by atoms with Gasteiger partial charge in [0.25, 0.3) is 0 Å². The van der Waals surface area contributed by atoms with Crippen LogP contribution in [0.25, 0.3) is 0 Å². The molecule has 0 saturated heterocycles. The summed E-state index contributed by atoms with van der Waals surface area (Å²) >= 11 is 0. The lowest BCUT2D eigenvalue weighted by Crippen LogP contribution is -2.59. The van der Waals surface area contributed by atoms with E-state index in [4.69, 9.17) is 21.1 Å². The van der Waals surface area contributed by atoms with Crippen molar-refractivity contribution < 1.29 is 49.5 Å². The minimum atomic E-state index is -1.71. The third-order valence-electron chi connectivity index (χ3n) is 3.68. The minimum Gasteiger partial charge on any atom is -0.481 e. The molecule has 0 bridgehead atoms. The van der Waals surface area contributed by atoms with Gasteiger partial charge in [0.2, 0.25) is 17.7 Å². The van der Waals surface area contributed by atoms with Crippen LogP contribution in [0.1, 0.15) is 19.8 Å². The van der Waals surface area contributed by atoms with Gasteiger partial charge in [0, 0.05) is 6.42 Å². The highest BCUT2D eigenvalue weighted by atomic mass is 16.4. The number of nitrogens with two attached hydrogens (primary N) is 1. The summed E-state index contributed by atoms with van der Waals surface area (Å²) in [6.45, 7) is -0.594. The molecular formula is C15H26N4O10. The Balaban J connectivity index is 5.24. The SMILES string of the molecule is CC(O)C(NC(=O)C(CO)NC(=O)C(CCC(=O)O)NC(=O)C(N)CO)C(=O)O. The summed E-state index contributed by atoms with van der Waals surface area (Å²) in [6.07, 6.45) is -2.41. The van der Waals surface area contributed by atoms with Gasteiger partial charge in [0.05, 0.1) is 19.3 Å². The maximum Gasteiger partial charge on any atom is 0.328 e. The van der Waals surface area contributed by atoms with Gasteiger partial charge in [-0.2, -0.15) is 0 Å². The summed E-state index contributed by atoms with van der Waals surface area (Å²) in [5.74, 6) is -5.97. The van der Waals surface area contributed by atoms with Crippen LogP contribution in [0, 0.1) is 0 Å². The molecule has 5 unspecified atom stereocenters. The third-order valence-corrected chi connectivity index (χ3v) is 3.68. The number of carbonyl (C=O) groups excluding carboxylic acids is 3.